The zero-order chi connectivity index (χ0) is 21.4. The fourth-order valence-electron chi connectivity index (χ4n) is 2.57. The van der Waals surface area contributed by atoms with Crippen molar-refractivity contribution in [3.8, 4) is 23.0 Å². The van der Waals surface area contributed by atoms with Crippen molar-refractivity contribution in [2.75, 3.05) is 27.9 Å². The molecule has 0 aromatic heterocycles. The van der Waals surface area contributed by atoms with Crippen LogP contribution in [0.4, 0.5) is 0 Å². The summed E-state index contributed by atoms with van der Waals surface area (Å²) in [6, 6.07) is 9.27. The Morgan fingerprint density at radius 3 is 2.38 bits per heavy atom. The number of carbonyl (C=O) groups is 1. The van der Waals surface area contributed by atoms with Gasteiger partial charge < -0.3 is 34.3 Å². The monoisotopic (exact) mass is 404 g/mol. The van der Waals surface area contributed by atoms with Crippen molar-refractivity contribution in [2.24, 2.45) is 0 Å². The van der Waals surface area contributed by atoms with E-state index in [0.29, 0.717) is 22.6 Å². The van der Waals surface area contributed by atoms with E-state index >= 15 is 0 Å². The molecule has 0 heterocycles. The van der Waals surface area contributed by atoms with Crippen LogP contribution in [0.3, 0.4) is 0 Å². The first-order valence-corrected chi connectivity index (χ1v) is 8.70. The highest BCUT2D eigenvalue weighted by atomic mass is 16.5. The first-order valence-electron chi connectivity index (χ1n) is 8.70. The first kappa shape index (κ1) is 22.1. The molecule has 8 nitrogen and oxygen atoms in total. The normalized spacial score (nSPS) is 13.0. The summed E-state index contributed by atoms with van der Waals surface area (Å²) in [6.45, 7) is -0.475. The molecule has 0 spiro atoms. The molecule has 0 aliphatic rings. The van der Waals surface area contributed by atoms with Gasteiger partial charge in [0.25, 0.3) is 0 Å². The van der Waals surface area contributed by atoms with Gasteiger partial charge in [0.05, 0.1) is 27.9 Å². The van der Waals surface area contributed by atoms with Crippen LogP contribution < -0.4 is 14.2 Å². The number of ether oxygens (including phenoxy) is 4. The van der Waals surface area contributed by atoms with Gasteiger partial charge in [0.15, 0.2) is 29.1 Å². The average molecular weight is 404 g/mol. The van der Waals surface area contributed by atoms with E-state index in [0.717, 1.165) is 0 Å². The van der Waals surface area contributed by atoms with Gasteiger partial charge in [-0.05, 0) is 41.5 Å². The number of phenolic OH excluding ortho intramolecular Hbond substituents is 1. The summed E-state index contributed by atoms with van der Waals surface area (Å²) in [7, 11) is 4.13. The Morgan fingerprint density at radius 2 is 1.76 bits per heavy atom. The van der Waals surface area contributed by atoms with Gasteiger partial charge in [0.2, 0.25) is 0 Å². The van der Waals surface area contributed by atoms with E-state index in [1.807, 2.05) is 0 Å². The van der Waals surface area contributed by atoms with Gasteiger partial charge in [0.1, 0.15) is 6.10 Å². The number of carbonyl (C=O) groups excluding carboxylic acids is 1. The van der Waals surface area contributed by atoms with Crippen molar-refractivity contribution in [3.63, 3.8) is 0 Å². The highest BCUT2D eigenvalue weighted by Crippen LogP contribution is 2.34. The lowest BCUT2D eigenvalue weighted by Crippen LogP contribution is -2.29. The molecule has 0 aliphatic heterocycles. The van der Waals surface area contributed by atoms with Crippen LogP contribution in [0.25, 0.3) is 6.08 Å². The fourth-order valence-corrected chi connectivity index (χ4v) is 2.57. The second kappa shape index (κ2) is 10.4. The van der Waals surface area contributed by atoms with Crippen LogP contribution in [0.5, 0.6) is 23.0 Å². The molecule has 0 bridgehead atoms. The molecule has 29 heavy (non-hydrogen) atoms. The van der Waals surface area contributed by atoms with Crippen LogP contribution in [0, 0.1) is 0 Å². The molecule has 0 saturated carbocycles. The minimum atomic E-state index is -1.20. The zero-order valence-electron chi connectivity index (χ0n) is 16.4. The number of aliphatic hydroxyl groups is 2. The molecule has 2 aromatic carbocycles. The molecule has 2 aromatic rings. The first-order chi connectivity index (χ1) is 13.9. The number of hydrogen-bond donors (Lipinski definition) is 3. The van der Waals surface area contributed by atoms with Gasteiger partial charge in [-0.2, -0.15) is 0 Å². The SMILES string of the molecule is COC(=O)/C=C/c1ccc(OC(CO)C(O)c2ccc(O)c(OC)c2)c(OC)c1. The summed E-state index contributed by atoms with van der Waals surface area (Å²) in [5, 5.41) is 30.0. The molecular weight excluding hydrogens is 380 g/mol. The number of phenols is 1. The third kappa shape index (κ3) is 5.63. The van der Waals surface area contributed by atoms with Crippen LogP contribution in [0.2, 0.25) is 0 Å². The van der Waals surface area contributed by atoms with Crippen molar-refractivity contribution in [1.29, 1.82) is 0 Å². The summed E-state index contributed by atoms with van der Waals surface area (Å²) in [4.78, 5) is 11.2. The van der Waals surface area contributed by atoms with E-state index in [2.05, 4.69) is 4.74 Å². The van der Waals surface area contributed by atoms with E-state index < -0.39 is 24.8 Å². The molecule has 156 valence electrons. The van der Waals surface area contributed by atoms with Crippen molar-refractivity contribution >= 4 is 12.0 Å². The molecule has 2 rings (SSSR count). The number of esters is 1. The Kier molecular flexibility index (Phi) is 7.88. The van der Waals surface area contributed by atoms with Gasteiger partial charge in [-0.1, -0.05) is 12.1 Å². The van der Waals surface area contributed by atoms with Crippen molar-refractivity contribution in [1.82, 2.24) is 0 Å². The Hall–Kier alpha value is -3.23. The molecule has 8 heteroatoms. The Bertz CT molecular complexity index is 862. The van der Waals surface area contributed by atoms with Crippen molar-refractivity contribution in [2.45, 2.75) is 12.2 Å². The lowest BCUT2D eigenvalue weighted by atomic mass is 10.0. The highest BCUT2D eigenvalue weighted by molar-refractivity contribution is 5.87. The molecule has 0 amide bonds. The third-order valence-electron chi connectivity index (χ3n) is 4.16. The predicted octanol–water partition coefficient (Wildman–Crippen LogP) is 2.07. The van der Waals surface area contributed by atoms with Crippen LogP contribution in [0.15, 0.2) is 42.5 Å². The molecular formula is C21H24O8. The van der Waals surface area contributed by atoms with Crippen LogP contribution in [-0.4, -0.2) is 55.3 Å². The van der Waals surface area contributed by atoms with E-state index in [9.17, 15) is 20.1 Å². The quantitative estimate of drug-likeness (QED) is 0.430. The minimum Gasteiger partial charge on any atom is -0.504 e. The Balaban J connectivity index is 2.23. The van der Waals surface area contributed by atoms with Gasteiger partial charge in [-0.15, -0.1) is 0 Å². The number of aromatic hydroxyl groups is 1. The van der Waals surface area contributed by atoms with E-state index in [-0.39, 0.29) is 11.5 Å². The number of benzene rings is 2. The smallest absolute Gasteiger partial charge is 0.330 e. The molecule has 3 N–H and O–H groups in total. The number of rotatable bonds is 9. The summed E-state index contributed by atoms with van der Waals surface area (Å²) < 4.78 is 20.7. The predicted molar refractivity (Wildman–Crippen MR) is 105 cm³/mol. The van der Waals surface area contributed by atoms with Crippen molar-refractivity contribution < 1.29 is 39.1 Å². The summed E-state index contributed by atoms with van der Waals surface area (Å²) in [6.07, 6.45) is 0.625. The summed E-state index contributed by atoms with van der Waals surface area (Å²) in [5.41, 5.74) is 1.07. The largest absolute Gasteiger partial charge is 0.504 e. The third-order valence-corrected chi connectivity index (χ3v) is 4.16. The van der Waals surface area contributed by atoms with Crippen LogP contribution >= 0.6 is 0 Å². The number of methoxy groups -OCH3 is 3. The molecule has 2 unspecified atom stereocenters. The second-order valence-electron chi connectivity index (χ2n) is 5.98. The topological polar surface area (TPSA) is 115 Å². The maximum absolute atomic E-state index is 11.2. The second-order valence-corrected chi connectivity index (χ2v) is 5.98. The molecule has 0 saturated heterocycles. The van der Waals surface area contributed by atoms with Crippen LogP contribution in [0.1, 0.15) is 17.2 Å². The average Bonchev–Trinajstić information content (AvgIpc) is 2.75. The standard InChI is InChI=1S/C21H24O8/c1-26-17-11-14(6-7-15(17)23)21(25)19(12-22)29-16-8-4-13(10-18(16)27-2)5-9-20(24)28-3/h4-11,19,21-23,25H,12H2,1-3H3/b9-5+. The minimum absolute atomic E-state index is 0.0674. The molecule has 2 atom stereocenters. The molecule has 0 fully saturated rings. The van der Waals surface area contributed by atoms with Crippen molar-refractivity contribution in [3.05, 3.63) is 53.6 Å². The van der Waals surface area contributed by atoms with E-state index in [1.165, 1.54) is 45.6 Å². The fraction of sp³-hybridized carbons (Fsp3) is 0.286. The van der Waals surface area contributed by atoms with E-state index in [1.54, 1.807) is 24.3 Å². The maximum Gasteiger partial charge on any atom is 0.330 e. The zero-order valence-corrected chi connectivity index (χ0v) is 16.4. The molecule has 0 aliphatic carbocycles. The summed E-state index contributed by atoms with van der Waals surface area (Å²) >= 11 is 0. The Morgan fingerprint density at radius 1 is 1.03 bits per heavy atom. The number of aliphatic hydroxyl groups excluding tert-OH is 2. The lowest BCUT2D eigenvalue weighted by Gasteiger charge is -2.24. The van der Waals surface area contributed by atoms with Crippen LogP contribution in [-0.2, 0) is 9.53 Å². The molecule has 0 radical (unpaired) electrons. The van der Waals surface area contributed by atoms with Gasteiger partial charge in [-0.25, -0.2) is 4.79 Å². The number of hydrogen-bond acceptors (Lipinski definition) is 8. The van der Waals surface area contributed by atoms with Gasteiger partial charge in [-0.3, -0.25) is 0 Å². The highest BCUT2D eigenvalue weighted by Gasteiger charge is 2.24. The van der Waals surface area contributed by atoms with E-state index in [4.69, 9.17) is 14.2 Å². The maximum atomic E-state index is 11.2. The Labute approximate surface area is 168 Å². The van der Waals surface area contributed by atoms with Gasteiger partial charge >= 0.3 is 5.97 Å². The summed E-state index contributed by atoms with van der Waals surface area (Å²) in [5.74, 6) is 0.286. The lowest BCUT2D eigenvalue weighted by molar-refractivity contribution is -0.134. The van der Waals surface area contributed by atoms with Gasteiger partial charge in [0, 0.05) is 6.08 Å².